The summed E-state index contributed by atoms with van der Waals surface area (Å²) >= 11 is 0. The zero-order valence-corrected chi connectivity index (χ0v) is 13.4. The number of hydrogen-bond donors (Lipinski definition) is 0. The van der Waals surface area contributed by atoms with Crippen molar-refractivity contribution in [3.05, 3.63) is 75.9 Å². The van der Waals surface area contributed by atoms with Crippen LogP contribution in [0.15, 0.2) is 30.3 Å². The Morgan fingerprint density at radius 2 is 1.46 bits per heavy atom. The molecular formula is C20H18F4. The van der Waals surface area contributed by atoms with Crippen molar-refractivity contribution >= 4 is 5.57 Å². The number of rotatable bonds is 4. The van der Waals surface area contributed by atoms with Gasteiger partial charge in [-0.25, -0.2) is 17.6 Å². The molecule has 0 radical (unpaired) electrons. The zero-order chi connectivity index (χ0) is 17.3. The number of unbranched alkanes of at least 4 members (excludes halogenated alkanes) is 1. The number of aryl methyl sites for hydroxylation is 1. The first-order valence-electron chi connectivity index (χ1n) is 8.13. The summed E-state index contributed by atoms with van der Waals surface area (Å²) in [6.07, 6.45) is 4.67. The van der Waals surface area contributed by atoms with E-state index in [-0.39, 0.29) is 12.0 Å². The standard InChI is InChI=1S/C20H18F4/c1-2-3-4-12-7-18(23)20(19(24)8-12)14-6-5-13-10-16(21)17(22)11-15(13)9-14/h6-8,10-11H,2-5,9H2,1H3. The summed E-state index contributed by atoms with van der Waals surface area (Å²) in [6.45, 7) is 2.02. The predicted molar refractivity (Wildman–Crippen MR) is 86.7 cm³/mol. The van der Waals surface area contributed by atoms with Crippen molar-refractivity contribution in [3.8, 4) is 0 Å². The van der Waals surface area contributed by atoms with Crippen LogP contribution >= 0.6 is 0 Å². The molecule has 0 saturated carbocycles. The van der Waals surface area contributed by atoms with Crippen LogP contribution in [0.5, 0.6) is 0 Å². The van der Waals surface area contributed by atoms with Crippen LogP contribution in [0, 0.1) is 23.3 Å². The van der Waals surface area contributed by atoms with Crippen LogP contribution in [0.2, 0.25) is 0 Å². The van der Waals surface area contributed by atoms with E-state index < -0.39 is 23.3 Å². The second-order valence-corrected chi connectivity index (χ2v) is 6.18. The summed E-state index contributed by atoms with van der Waals surface area (Å²) in [5.41, 5.74) is 2.27. The molecule has 0 nitrogen and oxygen atoms in total. The molecule has 0 spiro atoms. The summed E-state index contributed by atoms with van der Waals surface area (Å²) < 4.78 is 55.6. The molecule has 1 aliphatic carbocycles. The maximum atomic E-state index is 14.4. The van der Waals surface area contributed by atoms with Crippen LogP contribution in [-0.4, -0.2) is 0 Å². The summed E-state index contributed by atoms with van der Waals surface area (Å²) in [6, 6.07) is 5.01. The summed E-state index contributed by atoms with van der Waals surface area (Å²) in [4.78, 5) is 0. The van der Waals surface area contributed by atoms with E-state index in [9.17, 15) is 17.6 Å². The highest BCUT2D eigenvalue weighted by Crippen LogP contribution is 2.32. The van der Waals surface area contributed by atoms with E-state index >= 15 is 0 Å². The summed E-state index contributed by atoms with van der Waals surface area (Å²) in [5, 5.41) is 0. The van der Waals surface area contributed by atoms with Crippen molar-refractivity contribution in [3.63, 3.8) is 0 Å². The molecule has 2 aromatic rings. The van der Waals surface area contributed by atoms with Crippen LogP contribution < -0.4 is 0 Å². The van der Waals surface area contributed by atoms with E-state index in [2.05, 4.69) is 0 Å². The Balaban J connectivity index is 1.93. The van der Waals surface area contributed by atoms with Crippen LogP contribution in [0.3, 0.4) is 0 Å². The molecule has 2 aromatic carbocycles. The van der Waals surface area contributed by atoms with E-state index in [1.54, 1.807) is 6.08 Å². The average molecular weight is 334 g/mol. The third-order valence-corrected chi connectivity index (χ3v) is 4.43. The fourth-order valence-corrected chi connectivity index (χ4v) is 3.14. The molecule has 126 valence electrons. The van der Waals surface area contributed by atoms with Crippen molar-refractivity contribution in [2.24, 2.45) is 0 Å². The second kappa shape index (κ2) is 6.80. The molecule has 0 saturated heterocycles. The molecule has 0 heterocycles. The molecule has 0 fully saturated rings. The Bertz CT molecular complexity index is 783. The minimum atomic E-state index is -0.939. The van der Waals surface area contributed by atoms with Crippen molar-refractivity contribution < 1.29 is 17.6 Å². The molecular weight excluding hydrogens is 316 g/mol. The van der Waals surface area contributed by atoms with E-state index in [1.165, 1.54) is 12.1 Å². The molecule has 1 aliphatic rings. The first kappa shape index (κ1) is 16.7. The van der Waals surface area contributed by atoms with Gasteiger partial charge in [-0.05, 0) is 72.2 Å². The van der Waals surface area contributed by atoms with Gasteiger partial charge in [-0.1, -0.05) is 19.4 Å². The van der Waals surface area contributed by atoms with Gasteiger partial charge in [0, 0.05) is 5.56 Å². The minimum Gasteiger partial charge on any atom is -0.206 e. The lowest BCUT2D eigenvalue weighted by molar-refractivity contribution is 0.506. The molecule has 24 heavy (non-hydrogen) atoms. The van der Waals surface area contributed by atoms with Gasteiger partial charge in [0.05, 0.1) is 0 Å². The molecule has 0 amide bonds. The third kappa shape index (κ3) is 3.23. The van der Waals surface area contributed by atoms with Crippen LogP contribution in [0.25, 0.3) is 5.57 Å². The normalized spacial score (nSPS) is 13.6. The second-order valence-electron chi connectivity index (χ2n) is 6.18. The number of allylic oxidation sites excluding steroid dienone is 2. The molecule has 4 heteroatoms. The van der Waals surface area contributed by atoms with Gasteiger partial charge in [-0.15, -0.1) is 0 Å². The largest absolute Gasteiger partial charge is 0.206 e. The summed E-state index contributed by atoms with van der Waals surface area (Å²) in [7, 11) is 0. The van der Waals surface area contributed by atoms with Crippen LogP contribution in [0.4, 0.5) is 17.6 Å². The fraction of sp³-hybridized carbons (Fsp3) is 0.300. The van der Waals surface area contributed by atoms with Crippen molar-refractivity contribution in [2.75, 3.05) is 0 Å². The fourth-order valence-electron chi connectivity index (χ4n) is 3.14. The lowest BCUT2D eigenvalue weighted by Gasteiger charge is -2.19. The van der Waals surface area contributed by atoms with Gasteiger partial charge in [-0.3, -0.25) is 0 Å². The molecule has 0 bridgehead atoms. The molecule has 0 aromatic heterocycles. The van der Waals surface area contributed by atoms with E-state index in [1.807, 2.05) is 6.92 Å². The Morgan fingerprint density at radius 1 is 0.833 bits per heavy atom. The van der Waals surface area contributed by atoms with E-state index in [0.29, 0.717) is 35.1 Å². The number of fused-ring (bicyclic) bond motifs is 1. The molecule has 0 N–H and O–H groups in total. The predicted octanol–water partition coefficient (Wildman–Crippen LogP) is 5.77. The molecule has 0 unspecified atom stereocenters. The van der Waals surface area contributed by atoms with Gasteiger partial charge in [0.2, 0.25) is 0 Å². The quantitative estimate of drug-likeness (QED) is 0.623. The molecule has 0 atom stereocenters. The number of benzene rings is 2. The summed E-state index contributed by atoms with van der Waals surface area (Å²) in [5.74, 6) is -3.04. The highest BCUT2D eigenvalue weighted by Gasteiger charge is 2.21. The van der Waals surface area contributed by atoms with Gasteiger partial charge in [0.1, 0.15) is 11.6 Å². The van der Waals surface area contributed by atoms with Crippen molar-refractivity contribution in [1.82, 2.24) is 0 Å². The first-order chi connectivity index (χ1) is 11.5. The van der Waals surface area contributed by atoms with Gasteiger partial charge < -0.3 is 0 Å². The average Bonchev–Trinajstić information content (AvgIpc) is 2.53. The Kier molecular flexibility index (Phi) is 4.74. The maximum absolute atomic E-state index is 14.4. The Labute approximate surface area is 138 Å². The van der Waals surface area contributed by atoms with E-state index in [4.69, 9.17) is 0 Å². The SMILES string of the molecule is CCCCc1cc(F)c(C2=CCc3cc(F)c(F)cc3C2)c(F)c1. The number of halogens is 4. The Morgan fingerprint density at radius 3 is 2.08 bits per heavy atom. The third-order valence-electron chi connectivity index (χ3n) is 4.43. The van der Waals surface area contributed by atoms with Crippen LogP contribution in [-0.2, 0) is 19.3 Å². The zero-order valence-electron chi connectivity index (χ0n) is 13.4. The van der Waals surface area contributed by atoms with Gasteiger partial charge in [0.15, 0.2) is 11.6 Å². The lowest BCUT2D eigenvalue weighted by Crippen LogP contribution is -2.08. The van der Waals surface area contributed by atoms with Crippen molar-refractivity contribution in [1.29, 1.82) is 0 Å². The number of hydrogen-bond acceptors (Lipinski definition) is 0. The monoisotopic (exact) mass is 334 g/mol. The highest BCUT2D eigenvalue weighted by molar-refractivity contribution is 5.71. The first-order valence-corrected chi connectivity index (χ1v) is 8.13. The van der Waals surface area contributed by atoms with Gasteiger partial charge in [-0.2, -0.15) is 0 Å². The smallest absolute Gasteiger partial charge is 0.159 e. The molecule has 0 aliphatic heterocycles. The Hall–Kier alpha value is -2.10. The van der Waals surface area contributed by atoms with Crippen LogP contribution in [0.1, 0.15) is 42.0 Å². The topological polar surface area (TPSA) is 0 Å². The van der Waals surface area contributed by atoms with E-state index in [0.717, 1.165) is 25.0 Å². The van der Waals surface area contributed by atoms with Gasteiger partial charge in [0.25, 0.3) is 0 Å². The minimum absolute atomic E-state index is 0.0642. The maximum Gasteiger partial charge on any atom is 0.159 e. The lowest BCUT2D eigenvalue weighted by atomic mass is 9.87. The molecule has 3 rings (SSSR count). The van der Waals surface area contributed by atoms with Crippen molar-refractivity contribution in [2.45, 2.75) is 39.0 Å². The van der Waals surface area contributed by atoms with Gasteiger partial charge >= 0.3 is 0 Å². The highest BCUT2D eigenvalue weighted by atomic mass is 19.2.